The summed E-state index contributed by atoms with van der Waals surface area (Å²) < 4.78 is 11.3. The number of hydrogen-bond donors (Lipinski definition) is 1. The summed E-state index contributed by atoms with van der Waals surface area (Å²) in [7, 11) is 0. The predicted octanol–water partition coefficient (Wildman–Crippen LogP) is 3.97. The number of hydrogen-bond acceptors (Lipinski definition) is 4. The Hall–Kier alpha value is -3.34. The fraction of sp³-hybridized carbons (Fsp3) is 0.217. The highest BCUT2D eigenvalue weighted by Crippen LogP contribution is 2.16. The molecule has 0 bridgehead atoms. The first-order chi connectivity index (χ1) is 13.6. The van der Waals surface area contributed by atoms with Crippen molar-refractivity contribution in [3.05, 3.63) is 89.2 Å². The molecule has 144 valence electrons. The molecule has 0 aliphatic carbocycles. The van der Waals surface area contributed by atoms with Gasteiger partial charge < -0.3 is 14.8 Å². The zero-order chi connectivity index (χ0) is 19.8. The second kappa shape index (κ2) is 9.55. The molecule has 28 heavy (non-hydrogen) atoms. The standard InChI is InChI=1S/C23H24N2O3/c1-17-5-8-22(12-18(17)2)28-16-23(26)25-14-19-6-9-21(10-7-19)27-15-20-4-3-11-24-13-20/h3-13H,14-16H2,1-2H3,(H,25,26). The summed E-state index contributed by atoms with van der Waals surface area (Å²) >= 11 is 0. The van der Waals surface area contributed by atoms with Crippen molar-refractivity contribution in [1.29, 1.82) is 0 Å². The number of nitrogens with one attached hydrogen (secondary N) is 1. The van der Waals surface area contributed by atoms with Crippen molar-refractivity contribution in [3.63, 3.8) is 0 Å². The molecule has 0 radical (unpaired) electrons. The fourth-order valence-electron chi connectivity index (χ4n) is 2.56. The van der Waals surface area contributed by atoms with Gasteiger partial charge in [-0.15, -0.1) is 0 Å². The van der Waals surface area contributed by atoms with E-state index >= 15 is 0 Å². The molecule has 3 rings (SSSR count). The highest BCUT2D eigenvalue weighted by Gasteiger charge is 2.04. The third-order valence-electron chi connectivity index (χ3n) is 4.39. The predicted molar refractivity (Wildman–Crippen MR) is 108 cm³/mol. The Labute approximate surface area is 165 Å². The summed E-state index contributed by atoms with van der Waals surface area (Å²) in [5, 5.41) is 2.86. The van der Waals surface area contributed by atoms with E-state index in [1.807, 2.05) is 68.4 Å². The highest BCUT2D eigenvalue weighted by molar-refractivity contribution is 5.77. The van der Waals surface area contributed by atoms with Crippen molar-refractivity contribution >= 4 is 5.91 Å². The number of aryl methyl sites for hydroxylation is 2. The van der Waals surface area contributed by atoms with Gasteiger partial charge in [0.2, 0.25) is 0 Å². The average Bonchev–Trinajstić information content (AvgIpc) is 2.73. The first kappa shape index (κ1) is 19.4. The van der Waals surface area contributed by atoms with Crippen LogP contribution in [0.5, 0.6) is 11.5 Å². The molecule has 5 heteroatoms. The first-order valence-electron chi connectivity index (χ1n) is 9.17. The number of amides is 1. The van der Waals surface area contributed by atoms with Crippen LogP contribution < -0.4 is 14.8 Å². The minimum absolute atomic E-state index is 0.00515. The number of benzene rings is 2. The van der Waals surface area contributed by atoms with E-state index < -0.39 is 0 Å². The normalized spacial score (nSPS) is 10.4. The van der Waals surface area contributed by atoms with E-state index in [0.717, 1.165) is 22.4 Å². The zero-order valence-electron chi connectivity index (χ0n) is 16.1. The van der Waals surface area contributed by atoms with Gasteiger partial charge in [0.15, 0.2) is 6.61 Å². The molecule has 0 aliphatic rings. The third-order valence-corrected chi connectivity index (χ3v) is 4.39. The molecule has 0 aliphatic heterocycles. The van der Waals surface area contributed by atoms with Crippen LogP contribution in [0.1, 0.15) is 22.3 Å². The molecule has 5 nitrogen and oxygen atoms in total. The van der Waals surface area contributed by atoms with E-state index in [1.165, 1.54) is 5.56 Å². The van der Waals surface area contributed by atoms with Crippen molar-refractivity contribution in [2.45, 2.75) is 27.0 Å². The lowest BCUT2D eigenvalue weighted by Crippen LogP contribution is -2.28. The van der Waals surface area contributed by atoms with E-state index in [9.17, 15) is 4.79 Å². The van der Waals surface area contributed by atoms with Gasteiger partial charge in [-0.2, -0.15) is 0 Å². The topological polar surface area (TPSA) is 60.5 Å². The average molecular weight is 376 g/mol. The molecule has 3 aromatic rings. The van der Waals surface area contributed by atoms with E-state index in [2.05, 4.69) is 10.3 Å². The van der Waals surface area contributed by atoms with Gasteiger partial charge in [0, 0.05) is 24.5 Å². The minimum Gasteiger partial charge on any atom is -0.489 e. The van der Waals surface area contributed by atoms with Gasteiger partial charge in [0.1, 0.15) is 18.1 Å². The molecular weight excluding hydrogens is 352 g/mol. The van der Waals surface area contributed by atoms with E-state index in [-0.39, 0.29) is 12.5 Å². The SMILES string of the molecule is Cc1ccc(OCC(=O)NCc2ccc(OCc3cccnc3)cc2)cc1C. The third kappa shape index (κ3) is 5.84. The van der Waals surface area contributed by atoms with Crippen molar-refractivity contribution in [2.24, 2.45) is 0 Å². The van der Waals surface area contributed by atoms with Crippen LogP contribution in [0.2, 0.25) is 0 Å². The Morgan fingerprint density at radius 1 is 0.929 bits per heavy atom. The van der Waals surface area contributed by atoms with Crippen LogP contribution in [0, 0.1) is 13.8 Å². The van der Waals surface area contributed by atoms with Crippen molar-refractivity contribution in [1.82, 2.24) is 10.3 Å². The second-order valence-electron chi connectivity index (χ2n) is 6.61. The van der Waals surface area contributed by atoms with E-state index in [1.54, 1.807) is 12.4 Å². The number of carbonyl (C=O) groups is 1. The fourth-order valence-corrected chi connectivity index (χ4v) is 2.56. The molecular formula is C23H24N2O3. The van der Waals surface area contributed by atoms with Crippen LogP contribution in [-0.4, -0.2) is 17.5 Å². The molecule has 2 aromatic carbocycles. The van der Waals surface area contributed by atoms with Crippen LogP contribution in [0.3, 0.4) is 0 Å². The zero-order valence-corrected chi connectivity index (χ0v) is 16.1. The second-order valence-corrected chi connectivity index (χ2v) is 6.61. The maximum Gasteiger partial charge on any atom is 0.258 e. The summed E-state index contributed by atoms with van der Waals surface area (Å²) in [5.41, 5.74) is 4.35. The van der Waals surface area contributed by atoms with Gasteiger partial charge in [-0.05, 0) is 60.9 Å². The maximum absolute atomic E-state index is 12.0. The first-order valence-corrected chi connectivity index (χ1v) is 9.17. The number of aromatic nitrogens is 1. The monoisotopic (exact) mass is 376 g/mol. The minimum atomic E-state index is -0.157. The number of pyridine rings is 1. The van der Waals surface area contributed by atoms with Crippen LogP contribution in [0.25, 0.3) is 0 Å². The lowest BCUT2D eigenvalue weighted by molar-refractivity contribution is -0.123. The van der Waals surface area contributed by atoms with Gasteiger partial charge in [-0.3, -0.25) is 9.78 Å². The lowest BCUT2D eigenvalue weighted by Gasteiger charge is -2.10. The van der Waals surface area contributed by atoms with Crippen LogP contribution in [0.4, 0.5) is 0 Å². The van der Waals surface area contributed by atoms with Crippen LogP contribution in [-0.2, 0) is 17.9 Å². The molecule has 0 fully saturated rings. The van der Waals surface area contributed by atoms with Crippen molar-refractivity contribution in [3.8, 4) is 11.5 Å². The largest absolute Gasteiger partial charge is 0.489 e. The Balaban J connectivity index is 1.41. The molecule has 0 saturated carbocycles. The summed E-state index contributed by atoms with van der Waals surface area (Å²) in [6.45, 7) is 4.97. The van der Waals surface area contributed by atoms with Gasteiger partial charge in [-0.25, -0.2) is 0 Å². The molecule has 1 amide bonds. The summed E-state index contributed by atoms with van der Waals surface area (Å²) in [6.07, 6.45) is 3.52. The van der Waals surface area contributed by atoms with Crippen LogP contribution in [0.15, 0.2) is 67.0 Å². The molecule has 1 heterocycles. The van der Waals surface area contributed by atoms with Crippen molar-refractivity contribution in [2.75, 3.05) is 6.61 Å². The van der Waals surface area contributed by atoms with Gasteiger partial charge in [0.25, 0.3) is 5.91 Å². The molecule has 0 unspecified atom stereocenters. The quantitative estimate of drug-likeness (QED) is 0.646. The summed E-state index contributed by atoms with van der Waals surface area (Å²) in [4.78, 5) is 16.1. The highest BCUT2D eigenvalue weighted by atomic mass is 16.5. The number of rotatable bonds is 8. The Morgan fingerprint density at radius 2 is 1.71 bits per heavy atom. The molecule has 1 N–H and O–H groups in total. The smallest absolute Gasteiger partial charge is 0.258 e. The lowest BCUT2D eigenvalue weighted by atomic mass is 10.1. The Bertz CT molecular complexity index is 909. The molecule has 0 spiro atoms. The summed E-state index contributed by atoms with van der Waals surface area (Å²) in [5.74, 6) is 1.32. The Morgan fingerprint density at radius 3 is 2.43 bits per heavy atom. The van der Waals surface area contributed by atoms with Gasteiger partial charge in [-0.1, -0.05) is 24.3 Å². The summed E-state index contributed by atoms with van der Waals surface area (Å²) in [6, 6.07) is 17.3. The van der Waals surface area contributed by atoms with Crippen molar-refractivity contribution < 1.29 is 14.3 Å². The van der Waals surface area contributed by atoms with Gasteiger partial charge >= 0.3 is 0 Å². The molecule has 1 aromatic heterocycles. The van der Waals surface area contributed by atoms with E-state index in [4.69, 9.17) is 9.47 Å². The van der Waals surface area contributed by atoms with E-state index in [0.29, 0.717) is 18.9 Å². The van der Waals surface area contributed by atoms with Gasteiger partial charge in [0.05, 0.1) is 0 Å². The number of carbonyl (C=O) groups excluding carboxylic acids is 1. The molecule has 0 atom stereocenters. The van der Waals surface area contributed by atoms with Crippen LogP contribution >= 0.6 is 0 Å². The number of nitrogens with zero attached hydrogens (tertiary/aromatic N) is 1. The maximum atomic E-state index is 12.0. The Kier molecular flexibility index (Phi) is 6.63. The number of ether oxygens (including phenoxy) is 2. The molecule has 0 saturated heterocycles.